The Kier molecular flexibility index (Phi) is 3.12. The summed E-state index contributed by atoms with van der Waals surface area (Å²) in [5, 5.41) is 9.31. The quantitative estimate of drug-likeness (QED) is 0.820. The molecular weight excluding hydrogens is 214 g/mol. The standard InChI is InChI=1S/C14H23NO2/c16-14(17)13-4-2-1-3-10(13)9-15-11-5-6-12(15)8-7-11/h10-13H,1-9H2,(H,16,17)/t10-,11?,12?,13-/m0/s1. The molecule has 2 bridgehead atoms. The Morgan fingerprint density at radius 2 is 1.59 bits per heavy atom. The number of carboxylic acids is 1. The van der Waals surface area contributed by atoms with Crippen molar-refractivity contribution < 1.29 is 9.90 Å². The van der Waals surface area contributed by atoms with Gasteiger partial charge in [-0.3, -0.25) is 9.69 Å². The van der Waals surface area contributed by atoms with Gasteiger partial charge in [0.05, 0.1) is 5.92 Å². The van der Waals surface area contributed by atoms with Crippen LogP contribution < -0.4 is 0 Å². The van der Waals surface area contributed by atoms with E-state index in [1.54, 1.807) is 0 Å². The number of aliphatic carboxylic acids is 1. The molecule has 3 rings (SSSR count). The molecule has 3 aliphatic rings. The smallest absolute Gasteiger partial charge is 0.306 e. The van der Waals surface area contributed by atoms with Crippen LogP contribution in [0.1, 0.15) is 51.4 Å². The molecule has 1 N–H and O–H groups in total. The van der Waals surface area contributed by atoms with Crippen molar-refractivity contribution in [1.29, 1.82) is 0 Å². The molecule has 2 aliphatic heterocycles. The van der Waals surface area contributed by atoms with Crippen molar-refractivity contribution >= 4 is 5.97 Å². The van der Waals surface area contributed by atoms with Gasteiger partial charge in [-0.15, -0.1) is 0 Å². The second-order valence-electron chi connectivity index (χ2n) is 6.15. The fourth-order valence-electron chi connectivity index (χ4n) is 4.34. The summed E-state index contributed by atoms with van der Waals surface area (Å²) in [5.74, 6) is -0.201. The second kappa shape index (κ2) is 4.60. The van der Waals surface area contributed by atoms with Crippen LogP contribution in [-0.2, 0) is 4.79 Å². The summed E-state index contributed by atoms with van der Waals surface area (Å²) in [7, 11) is 0. The van der Waals surface area contributed by atoms with Crippen LogP contribution in [0.5, 0.6) is 0 Å². The highest BCUT2D eigenvalue weighted by Crippen LogP contribution is 2.40. The molecule has 3 fully saturated rings. The first-order valence-corrected chi connectivity index (χ1v) is 7.24. The Morgan fingerprint density at radius 3 is 2.18 bits per heavy atom. The molecule has 1 saturated carbocycles. The Hall–Kier alpha value is -0.570. The summed E-state index contributed by atoms with van der Waals surface area (Å²) in [6, 6.07) is 1.58. The highest BCUT2D eigenvalue weighted by Gasteiger charge is 2.42. The molecule has 2 heterocycles. The Labute approximate surface area is 103 Å². The lowest BCUT2D eigenvalue weighted by Gasteiger charge is -2.33. The molecule has 1 aliphatic carbocycles. The molecule has 3 nitrogen and oxygen atoms in total. The highest BCUT2D eigenvalue weighted by atomic mass is 16.4. The zero-order chi connectivity index (χ0) is 11.8. The first-order valence-electron chi connectivity index (χ1n) is 7.24. The minimum atomic E-state index is -0.554. The number of fused-ring (bicyclic) bond motifs is 2. The van der Waals surface area contributed by atoms with E-state index in [2.05, 4.69) is 4.90 Å². The van der Waals surface area contributed by atoms with E-state index in [1.165, 1.54) is 32.1 Å². The second-order valence-corrected chi connectivity index (χ2v) is 6.15. The van der Waals surface area contributed by atoms with Crippen molar-refractivity contribution in [3.63, 3.8) is 0 Å². The van der Waals surface area contributed by atoms with Gasteiger partial charge in [0.2, 0.25) is 0 Å². The fraction of sp³-hybridized carbons (Fsp3) is 0.929. The van der Waals surface area contributed by atoms with E-state index in [4.69, 9.17) is 0 Å². The van der Waals surface area contributed by atoms with E-state index < -0.39 is 5.97 Å². The van der Waals surface area contributed by atoms with Gasteiger partial charge in [-0.1, -0.05) is 12.8 Å². The van der Waals surface area contributed by atoms with Gasteiger partial charge in [0.25, 0.3) is 0 Å². The molecule has 2 atom stereocenters. The molecule has 0 unspecified atom stereocenters. The van der Waals surface area contributed by atoms with Crippen LogP contribution >= 0.6 is 0 Å². The van der Waals surface area contributed by atoms with Gasteiger partial charge in [-0.25, -0.2) is 0 Å². The molecule has 0 aromatic heterocycles. The van der Waals surface area contributed by atoms with Crippen molar-refractivity contribution in [2.24, 2.45) is 11.8 Å². The van der Waals surface area contributed by atoms with E-state index in [-0.39, 0.29) is 5.92 Å². The van der Waals surface area contributed by atoms with Gasteiger partial charge in [-0.05, 0) is 44.4 Å². The van der Waals surface area contributed by atoms with Crippen LogP contribution in [0.4, 0.5) is 0 Å². The number of carboxylic acid groups (broad SMARTS) is 1. The molecule has 0 aromatic rings. The van der Waals surface area contributed by atoms with Crippen molar-refractivity contribution in [1.82, 2.24) is 4.90 Å². The molecule has 0 radical (unpaired) electrons. The lowest BCUT2D eigenvalue weighted by molar-refractivity contribution is -0.145. The number of hydrogen-bond donors (Lipinski definition) is 1. The first-order chi connectivity index (χ1) is 8.25. The topological polar surface area (TPSA) is 40.5 Å². The first kappa shape index (κ1) is 11.5. The predicted molar refractivity (Wildman–Crippen MR) is 65.8 cm³/mol. The number of rotatable bonds is 3. The average molecular weight is 237 g/mol. The largest absolute Gasteiger partial charge is 0.481 e. The van der Waals surface area contributed by atoms with E-state index >= 15 is 0 Å². The monoisotopic (exact) mass is 237 g/mol. The van der Waals surface area contributed by atoms with Gasteiger partial charge in [0, 0.05) is 18.6 Å². The van der Waals surface area contributed by atoms with Crippen LogP contribution in [0.15, 0.2) is 0 Å². The van der Waals surface area contributed by atoms with Gasteiger partial charge < -0.3 is 5.11 Å². The number of nitrogens with zero attached hydrogens (tertiary/aromatic N) is 1. The summed E-state index contributed by atoms with van der Waals surface area (Å²) in [6.45, 7) is 1.06. The predicted octanol–water partition coefficient (Wildman–Crippen LogP) is 2.50. The summed E-state index contributed by atoms with van der Waals surface area (Å²) in [5.41, 5.74) is 0. The minimum absolute atomic E-state index is 0.0660. The van der Waals surface area contributed by atoms with Crippen LogP contribution in [-0.4, -0.2) is 34.6 Å². The van der Waals surface area contributed by atoms with E-state index in [0.29, 0.717) is 5.92 Å². The van der Waals surface area contributed by atoms with Crippen molar-refractivity contribution in [2.75, 3.05) is 6.54 Å². The number of hydrogen-bond acceptors (Lipinski definition) is 2. The molecule has 17 heavy (non-hydrogen) atoms. The molecule has 0 aromatic carbocycles. The zero-order valence-electron chi connectivity index (χ0n) is 10.5. The summed E-state index contributed by atoms with van der Waals surface area (Å²) in [6.07, 6.45) is 9.81. The van der Waals surface area contributed by atoms with Crippen LogP contribution in [0.25, 0.3) is 0 Å². The Morgan fingerprint density at radius 1 is 1.00 bits per heavy atom. The normalized spacial score (nSPS) is 41.9. The van der Waals surface area contributed by atoms with E-state index in [9.17, 15) is 9.90 Å². The van der Waals surface area contributed by atoms with Crippen molar-refractivity contribution in [3.8, 4) is 0 Å². The lowest BCUT2D eigenvalue weighted by atomic mass is 9.79. The zero-order valence-corrected chi connectivity index (χ0v) is 10.5. The van der Waals surface area contributed by atoms with E-state index in [1.807, 2.05) is 0 Å². The summed E-state index contributed by atoms with van der Waals surface area (Å²) < 4.78 is 0. The SMILES string of the molecule is O=C(O)[C@H]1CCCC[C@H]1CN1C2CCC1CC2. The number of carbonyl (C=O) groups is 1. The Balaban J connectivity index is 1.65. The van der Waals surface area contributed by atoms with Crippen LogP contribution in [0, 0.1) is 11.8 Å². The minimum Gasteiger partial charge on any atom is -0.481 e. The third kappa shape index (κ3) is 2.10. The van der Waals surface area contributed by atoms with Gasteiger partial charge in [0.15, 0.2) is 0 Å². The molecular formula is C14H23NO2. The van der Waals surface area contributed by atoms with Crippen molar-refractivity contribution in [2.45, 2.75) is 63.5 Å². The highest BCUT2D eigenvalue weighted by molar-refractivity contribution is 5.70. The maximum Gasteiger partial charge on any atom is 0.306 e. The van der Waals surface area contributed by atoms with Crippen molar-refractivity contribution in [3.05, 3.63) is 0 Å². The maximum atomic E-state index is 11.3. The summed E-state index contributed by atoms with van der Waals surface area (Å²) >= 11 is 0. The molecule has 3 heteroatoms. The average Bonchev–Trinajstić information content (AvgIpc) is 2.89. The van der Waals surface area contributed by atoms with Crippen LogP contribution in [0.2, 0.25) is 0 Å². The molecule has 0 spiro atoms. The third-order valence-corrected chi connectivity index (χ3v) is 5.28. The maximum absolute atomic E-state index is 11.3. The van der Waals surface area contributed by atoms with Gasteiger partial charge in [-0.2, -0.15) is 0 Å². The molecule has 2 saturated heterocycles. The van der Waals surface area contributed by atoms with Crippen LogP contribution in [0.3, 0.4) is 0 Å². The van der Waals surface area contributed by atoms with E-state index in [0.717, 1.165) is 37.9 Å². The van der Waals surface area contributed by atoms with Gasteiger partial charge in [0.1, 0.15) is 0 Å². The molecule has 0 amide bonds. The Bertz CT molecular complexity index is 285. The fourth-order valence-corrected chi connectivity index (χ4v) is 4.34. The third-order valence-electron chi connectivity index (χ3n) is 5.28. The molecule has 96 valence electrons. The lowest BCUT2D eigenvalue weighted by Crippen LogP contribution is -2.39. The van der Waals surface area contributed by atoms with Gasteiger partial charge >= 0.3 is 5.97 Å². The summed E-state index contributed by atoms with van der Waals surface area (Å²) in [4.78, 5) is 13.9.